The van der Waals surface area contributed by atoms with Crippen molar-refractivity contribution in [3.63, 3.8) is 0 Å². The number of carbonyl (C=O) groups excluding carboxylic acids is 2. The molecule has 1 aromatic carbocycles. The fourth-order valence-corrected chi connectivity index (χ4v) is 1.14. The minimum Gasteiger partial charge on any atom is -0.302 e. The summed E-state index contributed by atoms with van der Waals surface area (Å²) in [7, 11) is 0. The van der Waals surface area contributed by atoms with Gasteiger partial charge in [-0.1, -0.05) is 24.3 Å². The van der Waals surface area contributed by atoms with Gasteiger partial charge in [-0.2, -0.15) is 0 Å². The summed E-state index contributed by atoms with van der Waals surface area (Å²) in [5.41, 5.74) is 1.77. The second kappa shape index (κ2) is 3.81. The minimum absolute atomic E-state index is 0.605. The molecule has 2 nitrogen and oxygen atoms in total. The Kier molecular flexibility index (Phi) is 2.75. The Bertz CT molecular complexity index is 284. The maximum Gasteiger partial charge on any atom is 0.134 e. The zero-order valence-electron chi connectivity index (χ0n) is 6.86. The van der Waals surface area contributed by atoms with E-state index in [0.717, 1.165) is 11.1 Å². The van der Waals surface area contributed by atoms with Crippen molar-refractivity contribution in [2.75, 3.05) is 0 Å². The number of hydrogen-bond acceptors (Lipinski definition) is 2. The molecule has 0 bridgehead atoms. The second-order valence-corrected chi connectivity index (χ2v) is 2.65. The number of aryl methyl sites for hydroxylation is 1. The predicted octanol–water partition coefficient (Wildman–Crippen LogP) is 1.48. The fraction of sp³-hybridized carbons (Fsp3) is 0.200. The third-order valence-corrected chi connectivity index (χ3v) is 1.84. The van der Waals surface area contributed by atoms with Gasteiger partial charge in [0, 0.05) is 0 Å². The maximum atomic E-state index is 10.5. The zero-order valence-corrected chi connectivity index (χ0v) is 6.86. The lowest BCUT2D eigenvalue weighted by Gasteiger charge is -2.05. The Morgan fingerprint density at radius 2 is 1.75 bits per heavy atom. The quantitative estimate of drug-likeness (QED) is 0.498. The van der Waals surface area contributed by atoms with Crippen molar-refractivity contribution in [3.8, 4) is 0 Å². The van der Waals surface area contributed by atoms with Crippen LogP contribution in [0, 0.1) is 6.92 Å². The van der Waals surface area contributed by atoms with Gasteiger partial charge in [-0.3, -0.25) is 0 Å². The first-order valence-electron chi connectivity index (χ1n) is 3.75. The lowest BCUT2D eigenvalue weighted by Crippen LogP contribution is -2.02. The molecule has 0 atom stereocenters. The van der Waals surface area contributed by atoms with Crippen LogP contribution >= 0.6 is 0 Å². The number of carbonyl (C=O) groups is 2. The van der Waals surface area contributed by atoms with Crippen LogP contribution in [0.4, 0.5) is 0 Å². The van der Waals surface area contributed by atoms with Crippen LogP contribution in [0.15, 0.2) is 24.3 Å². The number of aldehydes is 2. The topological polar surface area (TPSA) is 34.1 Å². The average molecular weight is 162 g/mol. The van der Waals surface area contributed by atoms with E-state index in [4.69, 9.17) is 0 Å². The van der Waals surface area contributed by atoms with Crippen LogP contribution in [-0.2, 0) is 9.59 Å². The Balaban J connectivity index is 3.08. The molecule has 0 amide bonds. The van der Waals surface area contributed by atoms with Gasteiger partial charge in [0.2, 0.25) is 0 Å². The summed E-state index contributed by atoms with van der Waals surface area (Å²) in [6, 6.07) is 7.38. The second-order valence-electron chi connectivity index (χ2n) is 2.65. The van der Waals surface area contributed by atoms with Crippen molar-refractivity contribution in [2.45, 2.75) is 12.8 Å². The van der Waals surface area contributed by atoms with E-state index >= 15 is 0 Å². The summed E-state index contributed by atoms with van der Waals surface area (Å²) in [5.74, 6) is -0.605. The van der Waals surface area contributed by atoms with Gasteiger partial charge in [0.1, 0.15) is 12.6 Å². The summed E-state index contributed by atoms with van der Waals surface area (Å²) < 4.78 is 0. The number of benzene rings is 1. The van der Waals surface area contributed by atoms with Gasteiger partial charge in [-0.15, -0.1) is 0 Å². The highest BCUT2D eigenvalue weighted by Crippen LogP contribution is 2.15. The lowest BCUT2D eigenvalue weighted by molar-refractivity contribution is -0.116. The summed E-state index contributed by atoms with van der Waals surface area (Å²) in [6.07, 6.45) is 1.32. The van der Waals surface area contributed by atoms with Gasteiger partial charge in [0.15, 0.2) is 0 Å². The highest BCUT2D eigenvalue weighted by atomic mass is 16.1. The highest BCUT2D eigenvalue weighted by Gasteiger charge is 2.09. The molecule has 0 aliphatic rings. The molecule has 0 aliphatic heterocycles. The van der Waals surface area contributed by atoms with E-state index in [1.165, 1.54) is 0 Å². The van der Waals surface area contributed by atoms with Crippen molar-refractivity contribution in [1.82, 2.24) is 0 Å². The first-order valence-corrected chi connectivity index (χ1v) is 3.75. The average Bonchev–Trinajstić information content (AvgIpc) is 2.10. The van der Waals surface area contributed by atoms with Gasteiger partial charge in [0.25, 0.3) is 0 Å². The van der Waals surface area contributed by atoms with Crippen molar-refractivity contribution >= 4 is 12.6 Å². The molecule has 2 heteroatoms. The summed E-state index contributed by atoms with van der Waals surface area (Å²) in [5, 5.41) is 0. The summed E-state index contributed by atoms with van der Waals surface area (Å²) in [4.78, 5) is 20.9. The SMILES string of the molecule is Cc1ccccc1C(C=O)C=O. The lowest BCUT2D eigenvalue weighted by atomic mass is 9.98. The van der Waals surface area contributed by atoms with Crippen LogP contribution < -0.4 is 0 Å². The van der Waals surface area contributed by atoms with Crippen LogP contribution in [-0.4, -0.2) is 12.6 Å². The van der Waals surface area contributed by atoms with Crippen molar-refractivity contribution in [3.05, 3.63) is 35.4 Å². The molecule has 0 saturated carbocycles. The molecule has 0 N–H and O–H groups in total. The van der Waals surface area contributed by atoms with Crippen LogP contribution in [0.2, 0.25) is 0 Å². The molecule has 1 aromatic rings. The highest BCUT2D eigenvalue weighted by molar-refractivity contribution is 5.85. The third-order valence-electron chi connectivity index (χ3n) is 1.84. The molecule has 0 heterocycles. The molecular weight excluding hydrogens is 152 g/mol. The van der Waals surface area contributed by atoms with Gasteiger partial charge < -0.3 is 9.59 Å². The largest absolute Gasteiger partial charge is 0.302 e. The van der Waals surface area contributed by atoms with Gasteiger partial charge >= 0.3 is 0 Å². The molecule has 0 aromatic heterocycles. The Morgan fingerprint density at radius 1 is 1.17 bits per heavy atom. The predicted molar refractivity (Wildman–Crippen MR) is 46.0 cm³/mol. The molecule has 0 fully saturated rings. The zero-order chi connectivity index (χ0) is 8.97. The Morgan fingerprint density at radius 3 is 2.25 bits per heavy atom. The van der Waals surface area contributed by atoms with Crippen LogP contribution in [0.25, 0.3) is 0 Å². The molecule has 0 saturated heterocycles. The number of rotatable bonds is 3. The maximum absolute atomic E-state index is 10.5. The van der Waals surface area contributed by atoms with E-state index in [1.807, 2.05) is 25.1 Å². The molecule has 0 spiro atoms. The minimum atomic E-state index is -0.605. The molecule has 1 rings (SSSR count). The third kappa shape index (κ3) is 1.59. The van der Waals surface area contributed by atoms with Crippen molar-refractivity contribution < 1.29 is 9.59 Å². The first kappa shape index (κ1) is 8.65. The van der Waals surface area contributed by atoms with E-state index in [-0.39, 0.29) is 0 Å². The molecule has 12 heavy (non-hydrogen) atoms. The van der Waals surface area contributed by atoms with E-state index in [2.05, 4.69) is 0 Å². The normalized spacial score (nSPS) is 9.83. The molecule has 62 valence electrons. The van der Waals surface area contributed by atoms with Gasteiger partial charge in [-0.05, 0) is 18.1 Å². The summed E-state index contributed by atoms with van der Waals surface area (Å²) >= 11 is 0. The van der Waals surface area contributed by atoms with Crippen LogP contribution in [0.3, 0.4) is 0 Å². The fourth-order valence-electron chi connectivity index (χ4n) is 1.14. The number of hydrogen-bond donors (Lipinski definition) is 0. The molecular formula is C10H10O2. The van der Waals surface area contributed by atoms with Crippen LogP contribution in [0.5, 0.6) is 0 Å². The van der Waals surface area contributed by atoms with Crippen molar-refractivity contribution in [2.24, 2.45) is 0 Å². The van der Waals surface area contributed by atoms with Gasteiger partial charge in [-0.25, -0.2) is 0 Å². The van der Waals surface area contributed by atoms with Gasteiger partial charge in [0.05, 0.1) is 5.92 Å². The summed E-state index contributed by atoms with van der Waals surface area (Å²) in [6.45, 7) is 1.88. The smallest absolute Gasteiger partial charge is 0.134 e. The monoisotopic (exact) mass is 162 g/mol. The van der Waals surface area contributed by atoms with E-state index in [0.29, 0.717) is 12.6 Å². The van der Waals surface area contributed by atoms with E-state index in [1.54, 1.807) is 6.07 Å². The van der Waals surface area contributed by atoms with Crippen LogP contribution in [0.1, 0.15) is 17.0 Å². The Labute approximate surface area is 71.2 Å². The van der Waals surface area contributed by atoms with Crippen molar-refractivity contribution in [1.29, 1.82) is 0 Å². The first-order chi connectivity index (χ1) is 5.79. The molecule has 0 unspecified atom stereocenters. The Hall–Kier alpha value is -1.44. The molecule has 0 radical (unpaired) electrons. The molecule has 0 aliphatic carbocycles. The standard InChI is InChI=1S/C10H10O2/c1-8-4-2-3-5-10(8)9(6-11)7-12/h2-7,9H,1H3. The van der Waals surface area contributed by atoms with E-state index in [9.17, 15) is 9.59 Å². The van der Waals surface area contributed by atoms with E-state index < -0.39 is 5.92 Å².